The Kier molecular flexibility index (Phi) is 10.9. The van der Waals surface area contributed by atoms with Gasteiger partial charge in [-0.25, -0.2) is 0 Å². The molecule has 3 nitrogen and oxygen atoms in total. The fourth-order valence-corrected chi connectivity index (χ4v) is 1.45. The molecule has 0 aliphatic rings. The van der Waals surface area contributed by atoms with Crippen molar-refractivity contribution in [2.75, 3.05) is 39.3 Å². The maximum atomic E-state index is 8.71. The second-order valence-corrected chi connectivity index (χ2v) is 3.61. The summed E-state index contributed by atoms with van der Waals surface area (Å²) in [7, 11) is 0. The molecule has 0 bridgehead atoms. The van der Waals surface area contributed by atoms with Crippen molar-refractivity contribution >= 4 is 0 Å². The van der Waals surface area contributed by atoms with Crippen LogP contribution in [-0.4, -0.2) is 49.3 Å². The summed E-state index contributed by atoms with van der Waals surface area (Å²) in [5, 5.41) is 12.1. The molecular weight excluding hydrogens is 176 g/mol. The fourth-order valence-electron chi connectivity index (χ4n) is 1.45. The number of rotatable bonds is 10. The van der Waals surface area contributed by atoms with E-state index in [-0.39, 0.29) is 0 Å². The molecule has 0 fully saturated rings. The Labute approximate surface area is 88.5 Å². The van der Waals surface area contributed by atoms with Gasteiger partial charge in [0.1, 0.15) is 0 Å². The van der Waals surface area contributed by atoms with E-state index in [0.29, 0.717) is 6.61 Å². The van der Waals surface area contributed by atoms with Gasteiger partial charge in [0.05, 0.1) is 0 Å². The lowest BCUT2D eigenvalue weighted by atomic mass is 10.3. The zero-order valence-corrected chi connectivity index (χ0v) is 9.76. The number of aliphatic hydroxyl groups is 1. The maximum Gasteiger partial charge on any atom is 0.0443 e. The molecule has 14 heavy (non-hydrogen) atoms. The van der Waals surface area contributed by atoms with Crippen LogP contribution in [0.15, 0.2) is 0 Å². The van der Waals surface area contributed by atoms with E-state index in [1.807, 2.05) is 0 Å². The standard InChI is InChI=1S/C11H26N2O/c1-3-7-12-8-5-9-13(4-2)10-6-11-14/h12,14H,3-11H2,1-2H3. The van der Waals surface area contributed by atoms with Crippen molar-refractivity contribution in [3.8, 4) is 0 Å². The molecule has 0 aliphatic heterocycles. The van der Waals surface area contributed by atoms with Crippen LogP contribution in [-0.2, 0) is 0 Å². The van der Waals surface area contributed by atoms with E-state index in [9.17, 15) is 0 Å². The van der Waals surface area contributed by atoms with Crippen molar-refractivity contribution in [2.45, 2.75) is 33.1 Å². The molecule has 86 valence electrons. The average molecular weight is 202 g/mol. The first-order valence-electron chi connectivity index (χ1n) is 5.89. The Hall–Kier alpha value is -0.120. The molecule has 0 atom stereocenters. The van der Waals surface area contributed by atoms with Crippen molar-refractivity contribution in [1.29, 1.82) is 0 Å². The molecule has 0 unspecified atom stereocenters. The van der Waals surface area contributed by atoms with Gasteiger partial charge in [-0.2, -0.15) is 0 Å². The van der Waals surface area contributed by atoms with Crippen LogP contribution in [0, 0.1) is 0 Å². The first-order chi connectivity index (χ1) is 6.85. The first-order valence-corrected chi connectivity index (χ1v) is 5.89. The molecule has 0 aromatic heterocycles. The summed E-state index contributed by atoms with van der Waals surface area (Å²) >= 11 is 0. The number of nitrogens with zero attached hydrogens (tertiary/aromatic N) is 1. The Morgan fingerprint density at radius 1 is 1.07 bits per heavy atom. The Balaban J connectivity index is 3.24. The predicted octanol–water partition coefficient (Wildman–Crippen LogP) is 1.08. The minimum Gasteiger partial charge on any atom is -0.396 e. The molecule has 0 aliphatic carbocycles. The summed E-state index contributed by atoms with van der Waals surface area (Å²) in [6.07, 6.45) is 3.32. The Morgan fingerprint density at radius 2 is 1.79 bits per heavy atom. The molecule has 0 aromatic carbocycles. The normalized spacial score (nSPS) is 11.1. The van der Waals surface area contributed by atoms with Gasteiger partial charge in [0.25, 0.3) is 0 Å². The maximum absolute atomic E-state index is 8.71. The molecule has 0 saturated heterocycles. The van der Waals surface area contributed by atoms with Crippen molar-refractivity contribution < 1.29 is 5.11 Å². The average Bonchev–Trinajstić information content (AvgIpc) is 2.22. The molecule has 3 heteroatoms. The number of hydrogen-bond acceptors (Lipinski definition) is 3. The van der Waals surface area contributed by atoms with Crippen molar-refractivity contribution in [3.05, 3.63) is 0 Å². The van der Waals surface area contributed by atoms with Crippen LogP contribution in [0.3, 0.4) is 0 Å². The van der Waals surface area contributed by atoms with E-state index in [0.717, 1.165) is 39.1 Å². The highest BCUT2D eigenvalue weighted by atomic mass is 16.3. The Morgan fingerprint density at radius 3 is 2.36 bits per heavy atom. The van der Waals surface area contributed by atoms with Crippen molar-refractivity contribution in [2.24, 2.45) is 0 Å². The highest BCUT2D eigenvalue weighted by Gasteiger charge is 2.00. The topological polar surface area (TPSA) is 35.5 Å². The lowest BCUT2D eigenvalue weighted by Gasteiger charge is -2.19. The van der Waals surface area contributed by atoms with E-state index >= 15 is 0 Å². The van der Waals surface area contributed by atoms with Gasteiger partial charge < -0.3 is 15.3 Å². The number of nitrogens with one attached hydrogen (secondary N) is 1. The highest BCUT2D eigenvalue weighted by Crippen LogP contribution is 1.92. The van der Waals surface area contributed by atoms with E-state index < -0.39 is 0 Å². The first kappa shape index (κ1) is 13.9. The third kappa shape index (κ3) is 8.48. The van der Waals surface area contributed by atoms with Gasteiger partial charge in [0.2, 0.25) is 0 Å². The van der Waals surface area contributed by atoms with E-state index in [1.165, 1.54) is 12.8 Å². The van der Waals surface area contributed by atoms with E-state index in [4.69, 9.17) is 5.11 Å². The van der Waals surface area contributed by atoms with Gasteiger partial charge in [-0.05, 0) is 45.4 Å². The molecular formula is C11H26N2O. The lowest BCUT2D eigenvalue weighted by Crippen LogP contribution is -2.29. The van der Waals surface area contributed by atoms with Crippen LogP contribution >= 0.6 is 0 Å². The SMILES string of the molecule is CCCNCCCN(CC)CCCO. The summed E-state index contributed by atoms with van der Waals surface area (Å²) < 4.78 is 0. The third-order valence-electron chi connectivity index (χ3n) is 2.33. The Bertz CT molecular complexity index is 109. The molecule has 0 saturated carbocycles. The van der Waals surface area contributed by atoms with Crippen LogP contribution in [0.1, 0.15) is 33.1 Å². The fraction of sp³-hybridized carbons (Fsp3) is 1.00. The van der Waals surface area contributed by atoms with Crippen LogP contribution in [0.5, 0.6) is 0 Å². The van der Waals surface area contributed by atoms with Gasteiger partial charge >= 0.3 is 0 Å². The van der Waals surface area contributed by atoms with Gasteiger partial charge in [-0.15, -0.1) is 0 Å². The third-order valence-corrected chi connectivity index (χ3v) is 2.33. The van der Waals surface area contributed by atoms with E-state index in [2.05, 4.69) is 24.1 Å². The van der Waals surface area contributed by atoms with Crippen LogP contribution in [0.4, 0.5) is 0 Å². The predicted molar refractivity (Wildman–Crippen MR) is 61.6 cm³/mol. The molecule has 0 aromatic rings. The summed E-state index contributed by atoms with van der Waals surface area (Å²) in [6, 6.07) is 0. The van der Waals surface area contributed by atoms with Crippen LogP contribution < -0.4 is 5.32 Å². The monoisotopic (exact) mass is 202 g/mol. The minimum atomic E-state index is 0.310. The zero-order chi connectivity index (χ0) is 10.6. The summed E-state index contributed by atoms with van der Waals surface area (Å²) in [5.41, 5.74) is 0. The van der Waals surface area contributed by atoms with E-state index in [1.54, 1.807) is 0 Å². The highest BCUT2D eigenvalue weighted by molar-refractivity contribution is 4.57. The largest absolute Gasteiger partial charge is 0.396 e. The van der Waals surface area contributed by atoms with Gasteiger partial charge in [0, 0.05) is 13.2 Å². The van der Waals surface area contributed by atoms with Crippen LogP contribution in [0.25, 0.3) is 0 Å². The molecule has 0 heterocycles. The van der Waals surface area contributed by atoms with Gasteiger partial charge in [0.15, 0.2) is 0 Å². The molecule has 0 rings (SSSR count). The number of aliphatic hydroxyl groups excluding tert-OH is 1. The summed E-state index contributed by atoms with van der Waals surface area (Å²) in [4.78, 5) is 2.39. The van der Waals surface area contributed by atoms with Crippen molar-refractivity contribution in [1.82, 2.24) is 10.2 Å². The molecule has 0 amide bonds. The molecule has 0 spiro atoms. The molecule has 2 N–H and O–H groups in total. The quantitative estimate of drug-likeness (QED) is 0.520. The lowest BCUT2D eigenvalue weighted by molar-refractivity contribution is 0.228. The van der Waals surface area contributed by atoms with Crippen molar-refractivity contribution in [3.63, 3.8) is 0 Å². The second kappa shape index (κ2) is 11.0. The van der Waals surface area contributed by atoms with Crippen LogP contribution in [0.2, 0.25) is 0 Å². The number of hydrogen-bond donors (Lipinski definition) is 2. The molecule has 0 radical (unpaired) electrons. The summed E-state index contributed by atoms with van der Waals surface area (Å²) in [5.74, 6) is 0. The zero-order valence-electron chi connectivity index (χ0n) is 9.76. The minimum absolute atomic E-state index is 0.310. The van der Waals surface area contributed by atoms with Gasteiger partial charge in [-0.1, -0.05) is 13.8 Å². The summed E-state index contributed by atoms with van der Waals surface area (Å²) in [6.45, 7) is 10.2. The second-order valence-electron chi connectivity index (χ2n) is 3.61. The smallest absolute Gasteiger partial charge is 0.0443 e. The van der Waals surface area contributed by atoms with Gasteiger partial charge in [-0.3, -0.25) is 0 Å².